The first-order valence-corrected chi connectivity index (χ1v) is 9.85. The molecule has 1 aliphatic heterocycles. The van der Waals surface area contributed by atoms with Gasteiger partial charge in [-0.15, -0.1) is 0 Å². The van der Waals surface area contributed by atoms with Gasteiger partial charge in [-0.1, -0.05) is 23.2 Å². The Morgan fingerprint density at radius 1 is 1.29 bits per heavy atom. The number of hydrogen-bond acceptors (Lipinski definition) is 6. The molecule has 1 atom stereocenters. The van der Waals surface area contributed by atoms with E-state index in [1.54, 1.807) is 6.92 Å². The molecule has 0 saturated carbocycles. The van der Waals surface area contributed by atoms with E-state index in [9.17, 15) is 13.2 Å². The standard InChI is InChI=1S/C15H18Cl2O6S/c1-2-21-15(18)10-7-12(16)14(13(17)8-10)23-24(19,20)9-11-5-3-4-6-22-11/h7-8,11H,2-6,9H2,1H3. The third-order valence-corrected chi connectivity index (χ3v) is 5.15. The van der Waals surface area contributed by atoms with E-state index >= 15 is 0 Å². The molecule has 0 aliphatic carbocycles. The van der Waals surface area contributed by atoms with Gasteiger partial charge in [0, 0.05) is 6.61 Å². The molecule has 24 heavy (non-hydrogen) atoms. The van der Waals surface area contributed by atoms with Gasteiger partial charge in [-0.2, -0.15) is 8.42 Å². The van der Waals surface area contributed by atoms with E-state index < -0.39 is 22.2 Å². The van der Waals surface area contributed by atoms with Crippen molar-refractivity contribution in [2.45, 2.75) is 32.3 Å². The van der Waals surface area contributed by atoms with Crippen molar-refractivity contribution in [1.29, 1.82) is 0 Å². The van der Waals surface area contributed by atoms with Crippen LogP contribution >= 0.6 is 23.2 Å². The molecule has 1 aromatic rings. The Morgan fingerprint density at radius 2 is 1.96 bits per heavy atom. The van der Waals surface area contributed by atoms with E-state index in [0.717, 1.165) is 12.8 Å². The van der Waals surface area contributed by atoms with Crippen molar-refractivity contribution in [3.8, 4) is 5.75 Å². The molecule has 0 amide bonds. The lowest BCUT2D eigenvalue weighted by atomic mass is 10.1. The zero-order chi connectivity index (χ0) is 17.7. The predicted octanol–water partition coefficient (Wildman–Crippen LogP) is 3.45. The molecule has 1 heterocycles. The maximum Gasteiger partial charge on any atom is 0.338 e. The largest absolute Gasteiger partial charge is 0.462 e. The second-order valence-electron chi connectivity index (χ2n) is 5.29. The molecular weight excluding hydrogens is 379 g/mol. The summed E-state index contributed by atoms with van der Waals surface area (Å²) in [5.41, 5.74) is 0.118. The molecule has 1 aliphatic rings. The van der Waals surface area contributed by atoms with Crippen molar-refractivity contribution in [2.75, 3.05) is 19.0 Å². The summed E-state index contributed by atoms with van der Waals surface area (Å²) in [6, 6.07) is 2.51. The SMILES string of the molecule is CCOC(=O)c1cc(Cl)c(OS(=O)(=O)CC2CCCCO2)c(Cl)c1. The van der Waals surface area contributed by atoms with Crippen LogP contribution in [0.1, 0.15) is 36.5 Å². The predicted molar refractivity (Wildman–Crippen MR) is 90.4 cm³/mol. The minimum atomic E-state index is -3.93. The molecule has 0 aromatic heterocycles. The van der Waals surface area contributed by atoms with Gasteiger partial charge >= 0.3 is 16.1 Å². The third-order valence-electron chi connectivity index (χ3n) is 3.38. The smallest absolute Gasteiger partial charge is 0.338 e. The summed E-state index contributed by atoms with van der Waals surface area (Å²) in [7, 11) is -3.93. The van der Waals surface area contributed by atoms with Crippen molar-refractivity contribution in [3.05, 3.63) is 27.7 Å². The van der Waals surface area contributed by atoms with Gasteiger partial charge in [-0.05, 0) is 38.3 Å². The fraction of sp³-hybridized carbons (Fsp3) is 0.533. The van der Waals surface area contributed by atoms with Gasteiger partial charge in [0.25, 0.3) is 0 Å². The average Bonchev–Trinajstić information content (AvgIpc) is 2.51. The molecule has 1 fully saturated rings. The maximum atomic E-state index is 12.2. The lowest BCUT2D eigenvalue weighted by Crippen LogP contribution is -2.30. The first-order chi connectivity index (χ1) is 11.3. The van der Waals surface area contributed by atoms with E-state index in [2.05, 4.69) is 0 Å². The molecule has 1 aromatic carbocycles. The van der Waals surface area contributed by atoms with Gasteiger partial charge in [0.1, 0.15) is 5.75 Å². The second kappa shape index (κ2) is 8.38. The van der Waals surface area contributed by atoms with Gasteiger partial charge < -0.3 is 13.7 Å². The molecule has 0 radical (unpaired) electrons. The maximum absolute atomic E-state index is 12.2. The zero-order valence-electron chi connectivity index (χ0n) is 13.1. The lowest BCUT2D eigenvalue weighted by molar-refractivity contribution is 0.0298. The van der Waals surface area contributed by atoms with Crippen LogP contribution in [0.25, 0.3) is 0 Å². The van der Waals surface area contributed by atoms with E-state index in [4.69, 9.17) is 36.9 Å². The Hall–Kier alpha value is -1.02. The fourth-order valence-corrected chi connectivity index (χ4v) is 4.17. The number of carbonyl (C=O) groups is 1. The highest BCUT2D eigenvalue weighted by atomic mass is 35.5. The van der Waals surface area contributed by atoms with Gasteiger partial charge in [-0.25, -0.2) is 4.79 Å². The van der Waals surface area contributed by atoms with Crippen LogP contribution in [0.3, 0.4) is 0 Å². The van der Waals surface area contributed by atoms with Crippen molar-refractivity contribution < 1.29 is 26.9 Å². The van der Waals surface area contributed by atoms with Crippen LogP contribution < -0.4 is 4.18 Å². The Kier molecular flexibility index (Phi) is 6.74. The first kappa shape index (κ1) is 19.3. The topological polar surface area (TPSA) is 78.9 Å². The molecule has 1 unspecified atom stereocenters. The van der Waals surface area contributed by atoms with Gasteiger partial charge in [0.05, 0.1) is 28.3 Å². The third kappa shape index (κ3) is 5.24. The minimum Gasteiger partial charge on any atom is -0.462 e. The summed E-state index contributed by atoms with van der Waals surface area (Å²) in [4.78, 5) is 11.7. The Morgan fingerprint density at radius 3 is 2.50 bits per heavy atom. The monoisotopic (exact) mass is 396 g/mol. The summed E-state index contributed by atoms with van der Waals surface area (Å²) < 4.78 is 39.7. The zero-order valence-corrected chi connectivity index (χ0v) is 15.4. The highest BCUT2D eigenvalue weighted by molar-refractivity contribution is 7.87. The highest BCUT2D eigenvalue weighted by Crippen LogP contribution is 2.35. The van der Waals surface area contributed by atoms with Gasteiger partial charge in [-0.3, -0.25) is 0 Å². The summed E-state index contributed by atoms with van der Waals surface area (Å²) in [6.45, 7) is 2.40. The highest BCUT2D eigenvalue weighted by Gasteiger charge is 2.26. The summed E-state index contributed by atoms with van der Waals surface area (Å²) in [5.74, 6) is -1.09. The summed E-state index contributed by atoms with van der Waals surface area (Å²) >= 11 is 12.0. The Labute approximate surface area is 151 Å². The number of esters is 1. The fourth-order valence-electron chi connectivity index (χ4n) is 2.30. The molecule has 0 spiro atoms. The van der Waals surface area contributed by atoms with Crippen molar-refractivity contribution in [3.63, 3.8) is 0 Å². The molecule has 6 nitrogen and oxygen atoms in total. The summed E-state index contributed by atoms with van der Waals surface area (Å²) in [5, 5.41) is -0.169. The van der Waals surface area contributed by atoms with E-state index in [1.165, 1.54) is 12.1 Å². The Bertz CT molecular complexity index is 675. The van der Waals surface area contributed by atoms with Gasteiger partial charge in [0.2, 0.25) is 0 Å². The van der Waals surface area contributed by atoms with E-state index in [1.807, 2.05) is 0 Å². The molecule has 134 valence electrons. The normalized spacial score (nSPS) is 18.2. The lowest BCUT2D eigenvalue weighted by Gasteiger charge is -2.22. The molecule has 0 bridgehead atoms. The van der Waals surface area contributed by atoms with Crippen LogP contribution in [0.15, 0.2) is 12.1 Å². The number of carbonyl (C=O) groups excluding carboxylic acids is 1. The van der Waals surface area contributed by atoms with E-state index in [-0.39, 0.29) is 33.7 Å². The number of ether oxygens (including phenoxy) is 2. The van der Waals surface area contributed by atoms with E-state index in [0.29, 0.717) is 13.0 Å². The van der Waals surface area contributed by atoms with Crippen molar-refractivity contribution in [2.24, 2.45) is 0 Å². The van der Waals surface area contributed by atoms with Crippen LogP contribution in [-0.4, -0.2) is 39.5 Å². The number of hydrogen-bond donors (Lipinski definition) is 0. The molecular formula is C15H18Cl2O6S. The quantitative estimate of drug-likeness (QED) is 0.541. The van der Waals surface area contributed by atoms with Crippen LogP contribution in [-0.2, 0) is 19.6 Å². The van der Waals surface area contributed by atoms with Crippen LogP contribution in [0, 0.1) is 0 Å². The van der Waals surface area contributed by atoms with Crippen molar-refractivity contribution in [1.82, 2.24) is 0 Å². The molecule has 1 saturated heterocycles. The van der Waals surface area contributed by atoms with Crippen LogP contribution in [0.4, 0.5) is 0 Å². The number of benzene rings is 1. The second-order valence-corrected chi connectivity index (χ2v) is 7.72. The van der Waals surface area contributed by atoms with Gasteiger partial charge in [0.15, 0.2) is 5.75 Å². The Balaban J connectivity index is 2.15. The number of halogens is 2. The minimum absolute atomic E-state index is 0.0845. The van der Waals surface area contributed by atoms with Crippen molar-refractivity contribution >= 4 is 39.3 Å². The molecule has 9 heteroatoms. The first-order valence-electron chi connectivity index (χ1n) is 7.52. The van der Waals surface area contributed by atoms with Crippen LogP contribution in [0.2, 0.25) is 10.0 Å². The molecule has 0 N–H and O–H groups in total. The molecule has 2 rings (SSSR count). The average molecular weight is 397 g/mol. The number of rotatable bonds is 6. The van der Waals surface area contributed by atoms with Crippen LogP contribution in [0.5, 0.6) is 5.75 Å². The summed E-state index contributed by atoms with van der Waals surface area (Å²) in [6.07, 6.45) is 2.09.